The van der Waals surface area contributed by atoms with Gasteiger partial charge < -0.3 is 14.8 Å². The molecular formula is C17H14N4O2S. The number of rotatable bonds is 4. The molecule has 1 amide bonds. The molecule has 7 heteroatoms. The Kier molecular flexibility index (Phi) is 3.62. The number of H-pyrrole nitrogens is 1. The third-order valence-electron chi connectivity index (χ3n) is 3.77. The highest BCUT2D eigenvalue weighted by Crippen LogP contribution is 2.24. The number of thiophene rings is 1. The van der Waals surface area contributed by atoms with Crippen molar-refractivity contribution >= 4 is 28.1 Å². The van der Waals surface area contributed by atoms with Crippen molar-refractivity contribution in [1.29, 1.82) is 0 Å². The van der Waals surface area contributed by atoms with E-state index in [2.05, 4.69) is 33.4 Å². The summed E-state index contributed by atoms with van der Waals surface area (Å²) in [6.07, 6.45) is 0. The van der Waals surface area contributed by atoms with E-state index in [1.54, 1.807) is 11.4 Å². The predicted octanol–water partition coefficient (Wildman–Crippen LogP) is 3.52. The lowest BCUT2D eigenvalue weighted by Crippen LogP contribution is -2.22. The van der Waals surface area contributed by atoms with Gasteiger partial charge in [-0.15, -0.1) is 0 Å². The smallest absolute Gasteiger partial charge is 0.252 e. The van der Waals surface area contributed by atoms with Gasteiger partial charge in [0, 0.05) is 21.8 Å². The van der Waals surface area contributed by atoms with E-state index < -0.39 is 0 Å². The van der Waals surface area contributed by atoms with E-state index in [1.165, 1.54) is 16.9 Å². The fourth-order valence-corrected chi connectivity index (χ4v) is 3.15. The molecule has 4 rings (SSSR count). The van der Waals surface area contributed by atoms with E-state index in [-0.39, 0.29) is 12.5 Å². The van der Waals surface area contributed by atoms with Crippen molar-refractivity contribution in [3.05, 3.63) is 58.1 Å². The van der Waals surface area contributed by atoms with Gasteiger partial charge in [0.15, 0.2) is 0 Å². The number of carbonyl (C=O) groups excluding carboxylic acids is 1. The Labute approximate surface area is 141 Å². The number of nitrogens with one attached hydrogen (secondary N) is 2. The highest BCUT2D eigenvalue weighted by molar-refractivity contribution is 7.08. The van der Waals surface area contributed by atoms with Gasteiger partial charge in [-0.2, -0.15) is 16.3 Å². The van der Waals surface area contributed by atoms with Crippen LogP contribution in [0.2, 0.25) is 0 Å². The minimum Gasteiger partial charge on any atom is -0.352 e. The van der Waals surface area contributed by atoms with Gasteiger partial charge >= 0.3 is 0 Å². The first-order valence-corrected chi connectivity index (χ1v) is 8.37. The summed E-state index contributed by atoms with van der Waals surface area (Å²) in [6.45, 7) is 2.25. The molecule has 0 saturated carbocycles. The minimum atomic E-state index is -0.155. The third-order valence-corrected chi connectivity index (χ3v) is 4.46. The number of amides is 1. The molecule has 3 heterocycles. The van der Waals surface area contributed by atoms with Crippen molar-refractivity contribution in [3.8, 4) is 11.5 Å². The average Bonchev–Trinajstić information content (AvgIpc) is 3.31. The zero-order chi connectivity index (χ0) is 16.5. The molecule has 0 unspecified atom stereocenters. The van der Waals surface area contributed by atoms with Gasteiger partial charge in [-0.25, -0.2) is 0 Å². The quantitative estimate of drug-likeness (QED) is 0.596. The molecule has 120 valence electrons. The summed E-state index contributed by atoms with van der Waals surface area (Å²) in [5, 5.41) is 11.5. The molecule has 3 aromatic heterocycles. The number of aryl methyl sites for hydroxylation is 1. The molecule has 0 aliphatic carbocycles. The molecule has 0 saturated heterocycles. The summed E-state index contributed by atoms with van der Waals surface area (Å²) >= 11 is 1.48. The number of aromatic amines is 1. The van der Waals surface area contributed by atoms with Gasteiger partial charge in [0.2, 0.25) is 11.7 Å². The Balaban J connectivity index is 1.51. The zero-order valence-corrected chi connectivity index (χ0v) is 13.7. The van der Waals surface area contributed by atoms with Crippen LogP contribution in [0.25, 0.3) is 22.4 Å². The van der Waals surface area contributed by atoms with Gasteiger partial charge in [-0.3, -0.25) is 4.79 Å². The number of fused-ring (bicyclic) bond motifs is 1. The number of benzene rings is 1. The summed E-state index contributed by atoms with van der Waals surface area (Å²) in [4.78, 5) is 19.5. The van der Waals surface area contributed by atoms with Crippen molar-refractivity contribution < 1.29 is 9.32 Å². The largest absolute Gasteiger partial charge is 0.352 e. The van der Waals surface area contributed by atoms with Crippen molar-refractivity contribution in [3.63, 3.8) is 0 Å². The van der Waals surface area contributed by atoms with Gasteiger partial charge in [-0.1, -0.05) is 17.3 Å². The van der Waals surface area contributed by atoms with Crippen molar-refractivity contribution in [2.45, 2.75) is 13.5 Å². The van der Waals surface area contributed by atoms with Crippen LogP contribution in [0.5, 0.6) is 0 Å². The normalized spacial score (nSPS) is 11.0. The molecule has 0 bridgehead atoms. The van der Waals surface area contributed by atoms with Crippen LogP contribution in [0, 0.1) is 6.92 Å². The molecule has 0 radical (unpaired) electrons. The molecule has 1 aromatic carbocycles. The van der Waals surface area contributed by atoms with Crippen LogP contribution in [-0.4, -0.2) is 21.0 Å². The topological polar surface area (TPSA) is 83.8 Å². The summed E-state index contributed by atoms with van der Waals surface area (Å²) in [7, 11) is 0. The molecule has 6 nitrogen and oxygen atoms in total. The van der Waals surface area contributed by atoms with E-state index in [9.17, 15) is 4.79 Å². The van der Waals surface area contributed by atoms with Gasteiger partial charge in [0.1, 0.15) is 0 Å². The van der Waals surface area contributed by atoms with E-state index >= 15 is 0 Å². The lowest BCUT2D eigenvalue weighted by molar-refractivity contribution is 0.0946. The van der Waals surface area contributed by atoms with Crippen molar-refractivity contribution in [2.75, 3.05) is 0 Å². The summed E-state index contributed by atoms with van der Waals surface area (Å²) < 4.78 is 5.22. The molecule has 0 aliphatic heterocycles. The lowest BCUT2D eigenvalue weighted by Gasteiger charge is -1.98. The number of aromatic nitrogens is 3. The average molecular weight is 338 g/mol. The Morgan fingerprint density at radius 3 is 3.08 bits per heavy atom. The van der Waals surface area contributed by atoms with Crippen molar-refractivity contribution in [2.24, 2.45) is 0 Å². The zero-order valence-electron chi connectivity index (χ0n) is 12.9. The highest BCUT2D eigenvalue weighted by Gasteiger charge is 2.13. The van der Waals surface area contributed by atoms with E-state index in [4.69, 9.17) is 4.52 Å². The molecule has 0 aliphatic rings. The molecule has 0 spiro atoms. The first-order chi connectivity index (χ1) is 11.7. The summed E-state index contributed by atoms with van der Waals surface area (Å²) in [6, 6.07) is 9.84. The molecule has 4 aromatic rings. The fraction of sp³-hybridized carbons (Fsp3) is 0.118. The first-order valence-electron chi connectivity index (χ1n) is 7.42. The van der Waals surface area contributed by atoms with Gasteiger partial charge in [-0.05, 0) is 36.1 Å². The van der Waals surface area contributed by atoms with Crippen LogP contribution < -0.4 is 5.32 Å². The summed E-state index contributed by atoms with van der Waals surface area (Å²) in [5.41, 5.74) is 3.63. The Hall–Kier alpha value is -2.93. The third kappa shape index (κ3) is 2.69. The van der Waals surface area contributed by atoms with E-state index in [0.29, 0.717) is 17.3 Å². The van der Waals surface area contributed by atoms with Gasteiger partial charge in [0.05, 0.1) is 12.2 Å². The van der Waals surface area contributed by atoms with E-state index in [1.807, 2.05) is 23.6 Å². The molecule has 0 atom stereocenters. The molecule has 24 heavy (non-hydrogen) atoms. The van der Waals surface area contributed by atoms with Crippen molar-refractivity contribution in [1.82, 2.24) is 20.4 Å². The van der Waals surface area contributed by atoms with Crippen LogP contribution in [0.15, 0.2) is 45.6 Å². The summed E-state index contributed by atoms with van der Waals surface area (Å²) in [5.74, 6) is 0.687. The number of hydrogen-bond donors (Lipinski definition) is 2. The highest BCUT2D eigenvalue weighted by atomic mass is 32.1. The maximum absolute atomic E-state index is 11.9. The number of hydrogen-bond acceptors (Lipinski definition) is 5. The van der Waals surface area contributed by atoms with Crippen LogP contribution in [0.1, 0.15) is 21.8 Å². The number of carbonyl (C=O) groups is 1. The first kappa shape index (κ1) is 14.6. The second-order valence-electron chi connectivity index (χ2n) is 5.43. The SMILES string of the molecule is Cc1cccc2[nH]c(-c3noc(CNC(=O)c4ccsc4)n3)cc12. The molecule has 2 N–H and O–H groups in total. The molecule has 0 fully saturated rings. The van der Waals surface area contributed by atoms with E-state index in [0.717, 1.165) is 16.6 Å². The standard InChI is InChI=1S/C17H14N4O2S/c1-10-3-2-4-13-12(10)7-14(19-13)16-20-15(23-21-16)8-18-17(22)11-5-6-24-9-11/h2-7,9,19H,8H2,1H3,(H,18,22). The van der Waals surface area contributed by atoms with Crippen LogP contribution >= 0.6 is 11.3 Å². The van der Waals surface area contributed by atoms with Crippen LogP contribution in [-0.2, 0) is 6.54 Å². The predicted molar refractivity (Wildman–Crippen MR) is 91.8 cm³/mol. The van der Waals surface area contributed by atoms with Gasteiger partial charge in [0.25, 0.3) is 5.91 Å². The fourth-order valence-electron chi connectivity index (χ4n) is 2.51. The molecular weight excluding hydrogens is 324 g/mol. The maximum atomic E-state index is 11.9. The van der Waals surface area contributed by atoms with Crippen LogP contribution in [0.3, 0.4) is 0 Å². The Morgan fingerprint density at radius 1 is 1.38 bits per heavy atom. The van der Waals surface area contributed by atoms with Crippen LogP contribution in [0.4, 0.5) is 0 Å². The Morgan fingerprint density at radius 2 is 2.29 bits per heavy atom. The number of nitrogens with zero attached hydrogens (tertiary/aromatic N) is 2. The minimum absolute atomic E-state index is 0.155. The maximum Gasteiger partial charge on any atom is 0.252 e. The Bertz CT molecular complexity index is 1000. The monoisotopic (exact) mass is 338 g/mol. The second-order valence-corrected chi connectivity index (χ2v) is 6.21. The second kappa shape index (κ2) is 5.93. The lowest BCUT2D eigenvalue weighted by atomic mass is 10.1.